The van der Waals surface area contributed by atoms with Crippen molar-refractivity contribution < 1.29 is 23.8 Å². The van der Waals surface area contributed by atoms with E-state index in [-0.39, 0.29) is 11.3 Å². The van der Waals surface area contributed by atoms with Crippen LogP contribution in [0.5, 0.6) is 11.5 Å². The summed E-state index contributed by atoms with van der Waals surface area (Å²) in [6, 6.07) is 14.8. The molecule has 1 N–H and O–H groups in total. The molecule has 8 heteroatoms. The summed E-state index contributed by atoms with van der Waals surface area (Å²) < 4.78 is 16.1. The normalized spacial score (nSPS) is 14.9. The average Bonchev–Trinajstić information content (AvgIpc) is 3.32. The molecule has 0 saturated heterocycles. The molecule has 0 unspecified atom stereocenters. The summed E-state index contributed by atoms with van der Waals surface area (Å²) in [5.41, 5.74) is 4.08. The number of hydrogen-bond acceptors (Lipinski definition) is 7. The first-order valence-electron chi connectivity index (χ1n) is 13.3. The van der Waals surface area contributed by atoms with E-state index >= 15 is 0 Å². The Morgan fingerprint density at radius 1 is 1.02 bits per heavy atom. The summed E-state index contributed by atoms with van der Waals surface area (Å²) in [6.07, 6.45) is 2.66. The Morgan fingerprint density at radius 3 is 2.50 bits per heavy atom. The fourth-order valence-electron chi connectivity index (χ4n) is 5.41. The van der Waals surface area contributed by atoms with Crippen LogP contribution in [0.1, 0.15) is 58.3 Å². The van der Waals surface area contributed by atoms with Crippen molar-refractivity contribution in [2.45, 2.75) is 40.0 Å². The molecule has 1 amide bonds. The second-order valence-electron chi connectivity index (χ2n) is 11.1. The third kappa shape index (κ3) is 5.16. The van der Waals surface area contributed by atoms with E-state index in [9.17, 15) is 9.59 Å². The van der Waals surface area contributed by atoms with Crippen LogP contribution in [-0.4, -0.2) is 38.2 Å². The second kappa shape index (κ2) is 10.9. The SMILES string of the molecule is COC(=O)c1c(NC(=O)c2cc(-c3ccc(OC)cc3OC)nc3ccccc23)sc2c1CC[C@@H](C(C)(C)C)C2. The van der Waals surface area contributed by atoms with E-state index in [0.717, 1.165) is 35.3 Å². The third-order valence-electron chi connectivity index (χ3n) is 7.75. The number of ether oxygens (including phenoxy) is 3. The average molecular weight is 559 g/mol. The number of thiophene rings is 1. The molecule has 2 aromatic carbocycles. The van der Waals surface area contributed by atoms with Crippen LogP contribution in [0.3, 0.4) is 0 Å². The molecule has 0 spiro atoms. The predicted octanol–water partition coefficient (Wildman–Crippen LogP) is 7.17. The molecule has 0 radical (unpaired) electrons. The molecule has 4 aromatic rings. The Morgan fingerprint density at radius 2 is 1.80 bits per heavy atom. The van der Waals surface area contributed by atoms with Crippen LogP contribution in [0.4, 0.5) is 5.00 Å². The summed E-state index contributed by atoms with van der Waals surface area (Å²) in [4.78, 5) is 32.8. The Hall–Kier alpha value is -3.91. The Balaban J connectivity index is 1.58. The van der Waals surface area contributed by atoms with Crippen molar-refractivity contribution in [2.24, 2.45) is 11.3 Å². The zero-order valence-corrected chi connectivity index (χ0v) is 24.5. The summed E-state index contributed by atoms with van der Waals surface area (Å²) in [7, 11) is 4.56. The van der Waals surface area contributed by atoms with Gasteiger partial charge in [-0.2, -0.15) is 0 Å². The van der Waals surface area contributed by atoms with Gasteiger partial charge in [0.05, 0.1) is 43.7 Å². The minimum absolute atomic E-state index is 0.158. The summed E-state index contributed by atoms with van der Waals surface area (Å²) >= 11 is 1.48. The van der Waals surface area contributed by atoms with Gasteiger partial charge in [0, 0.05) is 21.9 Å². The van der Waals surface area contributed by atoms with Crippen LogP contribution in [0.25, 0.3) is 22.2 Å². The van der Waals surface area contributed by atoms with E-state index in [1.807, 2.05) is 36.4 Å². The van der Waals surface area contributed by atoms with Crippen LogP contribution in [-0.2, 0) is 17.6 Å². The number of carbonyl (C=O) groups excluding carboxylic acids is 2. The number of rotatable bonds is 6. The molecule has 0 saturated carbocycles. The van der Waals surface area contributed by atoms with Gasteiger partial charge in [-0.05, 0) is 60.4 Å². The molecule has 2 heterocycles. The lowest BCUT2D eigenvalue weighted by Gasteiger charge is -2.33. The lowest BCUT2D eigenvalue weighted by Crippen LogP contribution is -2.26. The minimum Gasteiger partial charge on any atom is -0.497 e. The quantitative estimate of drug-likeness (QED) is 0.253. The zero-order valence-electron chi connectivity index (χ0n) is 23.7. The number of methoxy groups -OCH3 is 3. The standard InChI is InChI=1S/C32H34N2O5S/c1-32(2,3)18-11-13-22-27(15-18)40-30(28(22)31(36)39-6)34-29(35)23-17-25(33-24-10-8-7-9-20(23)24)21-14-12-19(37-4)16-26(21)38-5/h7-10,12,14,16-18H,11,13,15H2,1-6H3,(H,34,35)/t18-/m1/s1. The maximum absolute atomic E-state index is 13.9. The van der Waals surface area contributed by atoms with E-state index in [1.165, 1.54) is 18.4 Å². The minimum atomic E-state index is -0.426. The number of benzene rings is 2. The van der Waals surface area contributed by atoms with Gasteiger partial charge in [0.1, 0.15) is 16.5 Å². The molecular weight excluding hydrogens is 524 g/mol. The number of pyridine rings is 1. The van der Waals surface area contributed by atoms with Gasteiger partial charge in [-0.1, -0.05) is 39.0 Å². The molecule has 0 bridgehead atoms. The van der Waals surface area contributed by atoms with Gasteiger partial charge >= 0.3 is 5.97 Å². The molecule has 1 aliphatic rings. The molecule has 1 aliphatic carbocycles. The molecular formula is C32H34N2O5S. The lowest BCUT2D eigenvalue weighted by atomic mass is 9.72. The topological polar surface area (TPSA) is 86.8 Å². The van der Waals surface area contributed by atoms with Crippen LogP contribution in [0.15, 0.2) is 48.5 Å². The van der Waals surface area contributed by atoms with Crippen molar-refractivity contribution in [3.8, 4) is 22.8 Å². The first-order valence-corrected chi connectivity index (χ1v) is 14.1. The first-order chi connectivity index (χ1) is 19.1. The van der Waals surface area contributed by atoms with Crippen LogP contribution >= 0.6 is 11.3 Å². The number of aromatic nitrogens is 1. The number of fused-ring (bicyclic) bond motifs is 2. The van der Waals surface area contributed by atoms with Gasteiger partial charge in [-0.3, -0.25) is 4.79 Å². The van der Waals surface area contributed by atoms with Crippen LogP contribution in [0.2, 0.25) is 0 Å². The van der Waals surface area contributed by atoms with Crippen molar-refractivity contribution in [1.29, 1.82) is 0 Å². The van der Waals surface area contributed by atoms with Crippen LogP contribution in [0, 0.1) is 11.3 Å². The van der Waals surface area contributed by atoms with E-state index in [2.05, 4.69) is 26.1 Å². The second-order valence-corrected chi connectivity index (χ2v) is 12.2. The van der Waals surface area contributed by atoms with Crippen molar-refractivity contribution in [3.05, 3.63) is 70.1 Å². The molecule has 208 valence electrons. The van der Waals surface area contributed by atoms with Crippen LogP contribution < -0.4 is 14.8 Å². The van der Waals surface area contributed by atoms with Crippen molar-refractivity contribution in [1.82, 2.24) is 4.98 Å². The fourth-order valence-corrected chi connectivity index (χ4v) is 6.72. The fraction of sp³-hybridized carbons (Fsp3) is 0.344. The summed E-state index contributed by atoms with van der Waals surface area (Å²) in [5.74, 6) is 0.999. The smallest absolute Gasteiger partial charge is 0.341 e. The molecule has 0 fully saturated rings. The summed E-state index contributed by atoms with van der Waals surface area (Å²) in [6.45, 7) is 6.76. The number of nitrogens with zero attached hydrogens (tertiary/aromatic N) is 1. The Labute approximate surface area is 238 Å². The number of hydrogen-bond donors (Lipinski definition) is 1. The monoisotopic (exact) mass is 558 g/mol. The molecule has 0 aliphatic heterocycles. The Bertz CT molecular complexity index is 1600. The number of nitrogens with one attached hydrogen (secondary N) is 1. The number of amides is 1. The van der Waals surface area contributed by atoms with Gasteiger partial charge in [0.25, 0.3) is 5.91 Å². The molecule has 5 rings (SSSR count). The predicted molar refractivity (Wildman–Crippen MR) is 159 cm³/mol. The van der Waals surface area contributed by atoms with Crippen molar-refractivity contribution in [3.63, 3.8) is 0 Å². The van der Waals surface area contributed by atoms with Gasteiger partial charge in [0.2, 0.25) is 0 Å². The van der Waals surface area contributed by atoms with E-state index in [4.69, 9.17) is 19.2 Å². The highest BCUT2D eigenvalue weighted by atomic mass is 32.1. The van der Waals surface area contributed by atoms with E-state index in [0.29, 0.717) is 50.1 Å². The molecule has 2 aromatic heterocycles. The maximum Gasteiger partial charge on any atom is 0.341 e. The highest BCUT2D eigenvalue weighted by Gasteiger charge is 2.34. The molecule has 40 heavy (non-hydrogen) atoms. The van der Waals surface area contributed by atoms with E-state index < -0.39 is 5.97 Å². The van der Waals surface area contributed by atoms with Gasteiger partial charge in [-0.15, -0.1) is 11.3 Å². The summed E-state index contributed by atoms with van der Waals surface area (Å²) in [5, 5.41) is 4.31. The highest BCUT2D eigenvalue weighted by molar-refractivity contribution is 7.17. The van der Waals surface area contributed by atoms with Gasteiger partial charge < -0.3 is 19.5 Å². The van der Waals surface area contributed by atoms with Crippen molar-refractivity contribution in [2.75, 3.05) is 26.6 Å². The number of anilines is 1. The van der Waals surface area contributed by atoms with Crippen molar-refractivity contribution >= 4 is 39.1 Å². The largest absolute Gasteiger partial charge is 0.497 e. The van der Waals surface area contributed by atoms with Gasteiger partial charge in [0.15, 0.2) is 0 Å². The lowest BCUT2D eigenvalue weighted by molar-refractivity contribution is 0.0600. The Kier molecular flexibility index (Phi) is 7.55. The zero-order chi connectivity index (χ0) is 28.6. The molecule has 1 atom stereocenters. The van der Waals surface area contributed by atoms with E-state index in [1.54, 1.807) is 26.4 Å². The highest BCUT2D eigenvalue weighted by Crippen LogP contribution is 2.45. The maximum atomic E-state index is 13.9. The molecule has 7 nitrogen and oxygen atoms in total. The number of carbonyl (C=O) groups is 2. The third-order valence-corrected chi connectivity index (χ3v) is 8.92. The number of esters is 1. The first kappa shape index (κ1) is 27.6. The van der Waals surface area contributed by atoms with Gasteiger partial charge in [-0.25, -0.2) is 9.78 Å². The number of para-hydroxylation sites is 1.